The second kappa shape index (κ2) is 4.10. The largest absolute Gasteiger partial charge is 0.296 e. The number of nitrogens with zero attached hydrogens (tertiary/aromatic N) is 1. The molecule has 1 nitrogen and oxygen atoms in total. The van der Waals surface area contributed by atoms with Gasteiger partial charge in [0.2, 0.25) is 0 Å². The van der Waals surface area contributed by atoms with Crippen LogP contribution in [0.4, 0.5) is 0 Å². The van der Waals surface area contributed by atoms with Crippen LogP contribution in [0.2, 0.25) is 0 Å². The first-order valence-corrected chi connectivity index (χ1v) is 4.70. The van der Waals surface area contributed by atoms with Crippen LogP contribution in [0.15, 0.2) is 0 Å². The van der Waals surface area contributed by atoms with Crippen molar-refractivity contribution in [3.05, 3.63) is 0 Å². The third kappa shape index (κ3) is 3.24. The van der Waals surface area contributed by atoms with E-state index in [0.29, 0.717) is 11.6 Å². The van der Waals surface area contributed by atoms with Crippen molar-refractivity contribution >= 4 is 0 Å². The standard InChI is InChI=1S/C10H23N/c1-7-9(3)11(8-2)10(4,5)6/h9H,7-8H2,1-6H3. The van der Waals surface area contributed by atoms with Crippen molar-refractivity contribution in [1.82, 2.24) is 4.90 Å². The highest BCUT2D eigenvalue weighted by Crippen LogP contribution is 2.17. The predicted octanol–water partition coefficient (Wildman–Crippen LogP) is 2.91. The normalized spacial score (nSPS) is 15.5. The zero-order valence-corrected chi connectivity index (χ0v) is 8.94. The van der Waals surface area contributed by atoms with Gasteiger partial charge in [-0.2, -0.15) is 0 Å². The number of rotatable bonds is 3. The summed E-state index contributed by atoms with van der Waals surface area (Å²) < 4.78 is 0. The Hall–Kier alpha value is -0.0400. The Morgan fingerprint density at radius 1 is 1.18 bits per heavy atom. The van der Waals surface area contributed by atoms with Crippen LogP contribution in [0.5, 0.6) is 0 Å². The molecule has 1 unspecified atom stereocenters. The summed E-state index contributed by atoms with van der Waals surface area (Å²) in [5, 5.41) is 0. The predicted molar refractivity (Wildman–Crippen MR) is 51.9 cm³/mol. The molecule has 0 aliphatic heterocycles. The van der Waals surface area contributed by atoms with Gasteiger partial charge in [-0.05, 0) is 40.7 Å². The van der Waals surface area contributed by atoms with Gasteiger partial charge in [0.1, 0.15) is 0 Å². The Bertz CT molecular complexity index is 102. The maximum atomic E-state index is 2.53. The minimum atomic E-state index is 0.324. The minimum Gasteiger partial charge on any atom is -0.296 e. The molecule has 0 aliphatic carbocycles. The van der Waals surface area contributed by atoms with Crippen LogP contribution in [0.1, 0.15) is 48.0 Å². The molecule has 11 heavy (non-hydrogen) atoms. The lowest BCUT2D eigenvalue weighted by Gasteiger charge is -2.39. The van der Waals surface area contributed by atoms with Crippen LogP contribution in [0, 0.1) is 0 Å². The fourth-order valence-corrected chi connectivity index (χ4v) is 1.67. The Morgan fingerprint density at radius 2 is 1.64 bits per heavy atom. The smallest absolute Gasteiger partial charge is 0.0127 e. The molecule has 0 aromatic rings. The van der Waals surface area contributed by atoms with Gasteiger partial charge in [0, 0.05) is 11.6 Å². The Morgan fingerprint density at radius 3 is 1.73 bits per heavy atom. The van der Waals surface area contributed by atoms with Gasteiger partial charge in [-0.25, -0.2) is 0 Å². The van der Waals surface area contributed by atoms with Gasteiger partial charge in [-0.3, -0.25) is 4.90 Å². The summed E-state index contributed by atoms with van der Waals surface area (Å²) in [6.07, 6.45) is 1.24. The van der Waals surface area contributed by atoms with Gasteiger partial charge < -0.3 is 0 Å². The van der Waals surface area contributed by atoms with E-state index in [2.05, 4.69) is 46.4 Å². The lowest BCUT2D eigenvalue weighted by molar-refractivity contribution is 0.0953. The molecule has 0 aromatic carbocycles. The fourth-order valence-electron chi connectivity index (χ4n) is 1.67. The topological polar surface area (TPSA) is 3.24 Å². The second-order valence-electron chi connectivity index (χ2n) is 4.21. The Kier molecular flexibility index (Phi) is 4.09. The molecule has 0 saturated carbocycles. The molecule has 0 aromatic heterocycles. The molecule has 0 N–H and O–H groups in total. The Labute approximate surface area is 71.8 Å². The van der Waals surface area contributed by atoms with E-state index in [9.17, 15) is 0 Å². The van der Waals surface area contributed by atoms with Crippen molar-refractivity contribution in [2.45, 2.75) is 59.5 Å². The van der Waals surface area contributed by atoms with Crippen LogP contribution in [-0.4, -0.2) is 23.0 Å². The maximum Gasteiger partial charge on any atom is 0.0127 e. The summed E-state index contributed by atoms with van der Waals surface area (Å²) in [5.74, 6) is 0. The van der Waals surface area contributed by atoms with E-state index >= 15 is 0 Å². The van der Waals surface area contributed by atoms with E-state index in [0.717, 1.165) is 6.54 Å². The van der Waals surface area contributed by atoms with Crippen LogP contribution in [0.25, 0.3) is 0 Å². The molecular formula is C10H23N. The molecular weight excluding hydrogens is 134 g/mol. The van der Waals surface area contributed by atoms with Gasteiger partial charge in [0.05, 0.1) is 0 Å². The van der Waals surface area contributed by atoms with Gasteiger partial charge >= 0.3 is 0 Å². The molecule has 0 radical (unpaired) electrons. The van der Waals surface area contributed by atoms with Crippen LogP contribution in [-0.2, 0) is 0 Å². The van der Waals surface area contributed by atoms with Gasteiger partial charge in [-0.15, -0.1) is 0 Å². The SMILES string of the molecule is CCC(C)N(CC)C(C)(C)C. The lowest BCUT2D eigenvalue weighted by Crippen LogP contribution is -2.46. The first-order chi connectivity index (χ1) is 4.93. The third-order valence-electron chi connectivity index (χ3n) is 2.33. The molecule has 0 amide bonds. The fraction of sp³-hybridized carbons (Fsp3) is 1.00. The van der Waals surface area contributed by atoms with Crippen LogP contribution in [0.3, 0.4) is 0 Å². The zero-order valence-electron chi connectivity index (χ0n) is 8.94. The summed E-state index contributed by atoms with van der Waals surface area (Å²) in [6, 6.07) is 0.708. The highest BCUT2D eigenvalue weighted by atomic mass is 15.2. The monoisotopic (exact) mass is 157 g/mol. The first kappa shape index (κ1) is 11.0. The third-order valence-corrected chi connectivity index (χ3v) is 2.33. The second-order valence-corrected chi connectivity index (χ2v) is 4.21. The molecule has 0 heterocycles. The van der Waals surface area contributed by atoms with Crippen molar-refractivity contribution in [3.63, 3.8) is 0 Å². The van der Waals surface area contributed by atoms with Gasteiger partial charge in [-0.1, -0.05) is 13.8 Å². The van der Waals surface area contributed by atoms with Crippen molar-refractivity contribution in [2.24, 2.45) is 0 Å². The average Bonchev–Trinajstić information content (AvgIpc) is 1.86. The van der Waals surface area contributed by atoms with Crippen molar-refractivity contribution < 1.29 is 0 Å². The number of hydrogen-bond donors (Lipinski definition) is 0. The molecule has 68 valence electrons. The maximum absolute atomic E-state index is 2.53. The quantitative estimate of drug-likeness (QED) is 0.609. The van der Waals surface area contributed by atoms with E-state index in [1.807, 2.05) is 0 Å². The lowest BCUT2D eigenvalue weighted by atomic mass is 10.0. The highest BCUT2D eigenvalue weighted by Gasteiger charge is 2.22. The van der Waals surface area contributed by atoms with Crippen molar-refractivity contribution in [1.29, 1.82) is 0 Å². The van der Waals surface area contributed by atoms with Gasteiger partial charge in [0.15, 0.2) is 0 Å². The summed E-state index contributed by atoms with van der Waals surface area (Å²) in [5.41, 5.74) is 0.324. The molecule has 0 rings (SSSR count). The van der Waals surface area contributed by atoms with E-state index in [-0.39, 0.29) is 0 Å². The summed E-state index contributed by atoms with van der Waals surface area (Å²) in [6.45, 7) is 14.8. The highest BCUT2D eigenvalue weighted by molar-refractivity contribution is 4.78. The Balaban J connectivity index is 4.16. The van der Waals surface area contributed by atoms with Crippen LogP contribution < -0.4 is 0 Å². The molecule has 0 spiro atoms. The van der Waals surface area contributed by atoms with Crippen molar-refractivity contribution in [3.8, 4) is 0 Å². The summed E-state index contributed by atoms with van der Waals surface area (Å²) in [7, 11) is 0. The molecule has 1 heteroatoms. The van der Waals surface area contributed by atoms with E-state index in [1.165, 1.54) is 6.42 Å². The van der Waals surface area contributed by atoms with Crippen LogP contribution >= 0.6 is 0 Å². The first-order valence-electron chi connectivity index (χ1n) is 4.70. The van der Waals surface area contributed by atoms with Crippen molar-refractivity contribution in [2.75, 3.05) is 6.54 Å². The molecule has 0 saturated heterocycles. The number of hydrogen-bond acceptors (Lipinski definition) is 1. The molecule has 0 fully saturated rings. The van der Waals surface area contributed by atoms with Gasteiger partial charge in [0.25, 0.3) is 0 Å². The summed E-state index contributed by atoms with van der Waals surface area (Å²) in [4.78, 5) is 2.53. The zero-order chi connectivity index (χ0) is 9.07. The van der Waals surface area contributed by atoms with E-state index in [1.54, 1.807) is 0 Å². The van der Waals surface area contributed by atoms with E-state index < -0.39 is 0 Å². The molecule has 1 atom stereocenters. The molecule has 0 aliphatic rings. The minimum absolute atomic E-state index is 0.324. The average molecular weight is 157 g/mol. The van der Waals surface area contributed by atoms with E-state index in [4.69, 9.17) is 0 Å². The summed E-state index contributed by atoms with van der Waals surface area (Å²) >= 11 is 0. The molecule has 0 bridgehead atoms.